The Bertz CT molecular complexity index is 844. The van der Waals surface area contributed by atoms with E-state index in [1.165, 1.54) is 17.4 Å². The van der Waals surface area contributed by atoms with Crippen LogP contribution in [0.2, 0.25) is 0 Å². The second-order valence-electron chi connectivity index (χ2n) is 10.0. The highest BCUT2D eigenvalue weighted by molar-refractivity contribution is 5.93. The molecule has 2 aliphatic rings. The van der Waals surface area contributed by atoms with Crippen LogP contribution >= 0.6 is 0 Å². The molecule has 8 heteroatoms. The molecule has 176 valence electrons. The van der Waals surface area contributed by atoms with Gasteiger partial charge >= 0.3 is 0 Å². The molecule has 0 aromatic heterocycles. The summed E-state index contributed by atoms with van der Waals surface area (Å²) < 4.78 is 5.24. The smallest absolute Gasteiger partial charge is 0.246 e. The van der Waals surface area contributed by atoms with E-state index in [4.69, 9.17) is 4.74 Å². The molecule has 2 heterocycles. The largest absolute Gasteiger partial charge is 0.391 e. The van der Waals surface area contributed by atoms with Gasteiger partial charge in [-0.25, -0.2) is 0 Å². The first kappa shape index (κ1) is 24.2. The summed E-state index contributed by atoms with van der Waals surface area (Å²) in [4.78, 5) is 39.5. The first-order valence-electron chi connectivity index (χ1n) is 11.2. The van der Waals surface area contributed by atoms with Gasteiger partial charge in [-0.1, -0.05) is 45.0 Å². The molecular formula is C24H35N3O5. The van der Waals surface area contributed by atoms with E-state index in [0.29, 0.717) is 5.92 Å². The lowest BCUT2D eigenvalue weighted by atomic mass is 9.85. The predicted molar refractivity (Wildman–Crippen MR) is 120 cm³/mol. The van der Waals surface area contributed by atoms with Crippen molar-refractivity contribution in [3.63, 3.8) is 0 Å². The van der Waals surface area contributed by atoms with Crippen LogP contribution < -0.4 is 10.6 Å². The van der Waals surface area contributed by atoms with E-state index in [1.807, 2.05) is 39.8 Å². The number of carbonyl (C=O) groups excluding carboxylic acids is 3. The van der Waals surface area contributed by atoms with E-state index < -0.39 is 23.6 Å². The standard InChI is InChI=1S/C24H35N3O5/c1-14(16-6-8-17(9-7-16)18-12-32-13-18)25-22(30)20-10-19(29)11-27(20)23(31)21(24(3,4)5)26-15(2)28/h6-9,14,18-21,29H,10-13H2,1-5H3,(H,25,30)(H,26,28)/t14-,19+,20-,21+/m0/s1. The van der Waals surface area contributed by atoms with Gasteiger partial charge < -0.3 is 25.4 Å². The van der Waals surface area contributed by atoms with E-state index >= 15 is 0 Å². The number of β-amino-alcohol motifs (C(OH)–C–C–N with tert-alkyl or cyclic N) is 1. The van der Waals surface area contributed by atoms with Gasteiger partial charge in [-0.15, -0.1) is 0 Å². The van der Waals surface area contributed by atoms with Crippen LogP contribution in [0.4, 0.5) is 0 Å². The second-order valence-corrected chi connectivity index (χ2v) is 10.0. The molecule has 0 radical (unpaired) electrons. The maximum atomic E-state index is 13.3. The summed E-state index contributed by atoms with van der Waals surface area (Å²) in [5, 5.41) is 15.9. The van der Waals surface area contributed by atoms with Crippen LogP contribution in [-0.4, -0.2) is 65.7 Å². The van der Waals surface area contributed by atoms with Gasteiger partial charge in [0.25, 0.3) is 0 Å². The number of hydrogen-bond acceptors (Lipinski definition) is 5. The van der Waals surface area contributed by atoms with Crippen LogP contribution in [0.5, 0.6) is 0 Å². The number of carbonyl (C=O) groups is 3. The van der Waals surface area contributed by atoms with Crippen molar-refractivity contribution in [3.05, 3.63) is 35.4 Å². The Balaban J connectivity index is 1.69. The zero-order valence-corrected chi connectivity index (χ0v) is 19.6. The van der Waals surface area contributed by atoms with Crippen molar-refractivity contribution in [1.29, 1.82) is 0 Å². The summed E-state index contributed by atoms with van der Waals surface area (Å²) in [6, 6.07) is 6.28. The molecule has 1 aromatic rings. The fourth-order valence-electron chi connectivity index (χ4n) is 4.20. The number of rotatable bonds is 6. The van der Waals surface area contributed by atoms with Crippen LogP contribution in [0.1, 0.15) is 64.1 Å². The zero-order chi connectivity index (χ0) is 23.6. The van der Waals surface area contributed by atoms with Crippen molar-refractivity contribution >= 4 is 17.7 Å². The van der Waals surface area contributed by atoms with Gasteiger partial charge in [0.05, 0.1) is 25.4 Å². The molecule has 2 saturated heterocycles. The summed E-state index contributed by atoms with van der Waals surface area (Å²) in [5.41, 5.74) is 1.64. The highest BCUT2D eigenvalue weighted by atomic mass is 16.5. The predicted octanol–water partition coefficient (Wildman–Crippen LogP) is 1.49. The summed E-state index contributed by atoms with van der Waals surface area (Å²) >= 11 is 0. The van der Waals surface area contributed by atoms with Crippen molar-refractivity contribution < 1.29 is 24.2 Å². The van der Waals surface area contributed by atoms with E-state index in [0.717, 1.165) is 18.8 Å². The molecule has 8 nitrogen and oxygen atoms in total. The first-order chi connectivity index (χ1) is 15.0. The number of nitrogens with one attached hydrogen (secondary N) is 2. The van der Waals surface area contributed by atoms with Crippen molar-refractivity contribution in [3.8, 4) is 0 Å². The van der Waals surface area contributed by atoms with Gasteiger partial charge in [-0.3, -0.25) is 14.4 Å². The number of ether oxygens (including phenoxy) is 1. The molecule has 0 aliphatic carbocycles. The average molecular weight is 446 g/mol. The monoisotopic (exact) mass is 445 g/mol. The maximum Gasteiger partial charge on any atom is 0.246 e. The van der Waals surface area contributed by atoms with Crippen molar-refractivity contribution in [2.45, 2.75) is 71.2 Å². The van der Waals surface area contributed by atoms with Crippen molar-refractivity contribution in [1.82, 2.24) is 15.5 Å². The lowest BCUT2D eigenvalue weighted by Gasteiger charge is -2.35. The molecule has 0 saturated carbocycles. The van der Waals surface area contributed by atoms with Gasteiger partial charge in [0.15, 0.2) is 0 Å². The Morgan fingerprint density at radius 1 is 1.12 bits per heavy atom. The average Bonchev–Trinajstić information content (AvgIpc) is 3.05. The highest BCUT2D eigenvalue weighted by Gasteiger charge is 2.44. The fourth-order valence-corrected chi connectivity index (χ4v) is 4.20. The van der Waals surface area contributed by atoms with E-state index in [2.05, 4.69) is 22.8 Å². The molecule has 4 atom stereocenters. The number of benzene rings is 1. The SMILES string of the molecule is CC(=O)N[C@H](C(=O)N1C[C@H](O)C[C@H]1C(=O)N[C@@H](C)c1ccc(C2COC2)cc1)C(C)(C)C. The maximum absolute atomic E-state index is 13.3. The number of aliphatic hydroxyl groups excluding tert-OH is 1. The Kier molecular flexibility index (Phi) is 7.25. The first-order valence-corrected chi connectivity index (χ1v) is 11.2. The lowest BCUT2D eigenvalue weighted by Crippen LogP contribution is -2.57. The van der Waals surface area contributed by atoms with E-state index in [1.54, 1.807) is 0 Å². The molecule has 3 amide bonds. The summed E-state index contributed by atoms with van der Waals surface area (Å²) in [6.07, 6.45) is -0.617. The molecule has 1 aromatic carbocycles. The molecular weight excluding hydrogens is 410 g/mol. The van der Waals surface area contributed by atoms with Crippen LogP contribution in [0.3, 0.4) is 0 Å². The van der Waals surface area contributed by atoms with Gasteiger partial charge in [-0.05, 0) is 23.5 Å². The van der Waals surface area contributed by atoms with Gasteiger partial charge in [0.1, 0.15) is 12.1 Å². The third-order valence-electron chi connectivity index (χ3n) is 6.23. The molecule has 3 N–H and O–H groups in total. The number of likely N-dealkylation sites (tertiary alicyclic amines) is 1. The molecule has 32 heavy (non-hydrogen) atoms. The Morgan fingerprint density at radius 2 is 1.75 bits per heavy atom. The Morgan fingerprint density at radius 3 is 2.25 bits per heavy atom. The normalized spacial score (nSPS) is 23.2. The minimum absolute atomic E-state index is 0.0651. The molecule has 0 bridgehead atoms. The molecule has 0 unspecified atom stereocenters. The molecule has 3 rings (SSSR count). The Labute approximate surface area is 189 Å². The lowest BCUT2D eigenvalue weighted by molar-refractivity contribution is -0.144. The fraction of sp³-hybridized carbons (Fsp3) is 0.625. The van der Waals surface area contributed by atoms with Gasteiger partial charge in [0, 0.05) is 25.8 Å². The summed E-state index contributed by atoms with van der Waals surface area (Å²) in [6.45, 7) is 10.4. The molecule has 0 spiro atoms. The molecule has 2 aliphatic heterocycles. The topological polar surface area (TPSA) is 108 Å². The summed E-state index contributed by atoms with van der Waals surface area (Å²) in [5.74, 6) is -0.545. The second kappa shape index (κ2) is 9.58. The number of amides is 3. The van der Waals surface area contributed by atoms with Crippen LogP contribution in [0.15, 0.2) is 24.3 Å². The minimum Gasteiger partial charge on any atom is -0.391 e. The van der Waals surface area contributed by atoms with Crippen LogP contribution in [0.25, 0.3) is 0 Å². The van der Waals surface area contributed by atoms with Crippen LogP contribution in [-0.2, 0) is 19.1 Å². The number of aliphatic hydroxyl groups is 1. The highest BCUT2D eigenvalue weighted by Crippen LogP contribution is 2.28. The van der Waals surface area contributed by atoms with Crippen molar-refractivity contribution in [2.75, 3.05) is 19.8 Å². The van der Waals surface area contributed by atoms with E-state index in [9.17, 15) is 19.5 Å². The van der Waals surface area contributed by atoms with E-state index in [-0.39, 0.29) is 36.7 Å². The Hall–Kier alpha value is -2.45. The van der Waals surface area contributed by atoms with Crippen LogP contribution in [0, 0.1) is 5.41 Å². The number of hydrogen-bond donors (Lipinski definition) is 3. The zero-order valence-electron chi connectivity index (χ0n) is 19.6. The third kappa shape index (κ3) is 5.48. The summed E-state index contributed by atoms with van der Waals surface area (Å²) in [7, 11) is 0. The van der Waals surface area contributed by atoms with Gasteiger partial charge in [0.2, 0.25) is 17.7 Å². The van der Waals surface area contributed by atoms with Crippen molar-refractivity contribution in [2.24, 2.45) is 5.41 Å². The van der Waals surface area contributed by atoms with Gasteiger partial charge in [-0.2, -0.15) is 0 Å². The minimum atomic E-state index is -0.791. The third-order valence-corrected chi connectivity index (χ3v) is 6.23. The number of nitrogens with zero attached hydrogens (tertiary/aromatic N) is 1. The quantitative estimate of drug-likeness (QED) is 0.615. The molecule has 2 fully saturated rings.